The summed E-state index contributed by atoms with van der Waals surface area (Å²) in [7, 11) is 1.58. The van der Waals surface area contributed by atoms with Crippen molar-refractivity contribution in [2.45, 2.75) is 32.8 Å². The fraction of sp³-hybridized carbons (Fsp3) is 0.429. The number of ketones is 1. The lowest BCUT2D eigenvalue weighted by molar-refractivity contribution is -0.145. The number of esters is 1. The topological polar surface area (TPSA) is 52.6 Å². The smallest absolute Gasteiger partial charge is 0.302 e. The fourth-order valence-electron chi connectivity index (χ4n) is 1.60. The van der Waals surface area contributed by atoms with Crippen molar-refractivity contribution in [1.29, 1.82) is 0 Å². The Kier molecular flexibility index (Phi) is 5.36. The van der Waals surface area contributed by atoms with E-state index in [4.69, 9.17) is 9.47 Å². The van der Waals surface area contributed by atoms with Crippen LogP contribution >= 0.6 is 0 Å². The van der Waals surface area contributed by atoms with Gasteiger partial charge in [-0.05, 0) is 37.6 Å². The van der Waals surface area contributed by atoms with Gasteiger partial charge in [0.05, 0.1) is 13.2 Å². The summed E-state index contributed by atoms with van der Waals surface area (Å²) in [4.78, 5) is 22.6. The van der Waals surface area contributed by atoms with Gasteiger partial charge in [-0.2, -0.15) is 0 Å². The zero-order valence-corrected chi connectivity index (χ0v) is 10.9. The van der Waals surface area contributed by atoms with Crippen LogP contribution in [0.5, 0.6) is 5.75 Å². The largest absolute Gasteiger partial charge is 0.497 e. The lowest BCUT2D eigenvalue weighted by Gasteiger charge is -2.10. The molecule has 0 heterocycles. The molecule has 1 rings (SSSR count). The van der Waals surface area contributed by atoms with Gasteiger partial charge in [0.1, 0.15) is 5.75 Å². The minimum absolute atomic E-state index is 0.0386. The first-order valence-electron chi connectivity index (χ1n) is 5.87. The Morgan fingerprint density at radius 1 is 1.22 bits per heavy atom. The lowest BCUT2D eigenvalue weighted by atomic mass is 10.0. The van der Waals surface area contributed by atoms with Crippen molar-refractivity contribution in [3.8, 4) is 5.75 Å². The number of ether oxygens (including phenoxy) is 2. The summed E-state index contributed by atoms with van der Waals surface area (Å²) in [6, 6.07) is 6.97. The number of hydrogen-bond acceptors (Lipinski definition) is 4. The van der Waals surface area contributed by atoms with Gasteiger partial charge in [0.15, 0.2) is 5.78 Å². The average molecular weight is 250 g/mol. The number of carbonyl (C=O) groups excluding carboxylic acids is 2. The van der Waals surface area contributed by atoms with Gasteiger partial charge in [-0.3, -0.25) is 9.59 Å². The number of hydrogen-bond donors (Lipinski definition) is 0. The summed E-state index contributed by atoms with van der Waals surface area (Å²) < 4.78 is 9.98. The highest BCUT2D eigenvalue weighted by Gasteiger charge is 2.10. The molecule has 0 aliphatic carbocycles. The fourth-order valence-corrected chi connectivity index (χ4v) is 1.60. The molecule has 0 aliphatic rings. The zero-order chi connectivity index (χ0) is 13.5. The summed E-state index contributed by atoms with van der Waals surface area (Å²) >= 11 is 0. The Labute approximate surface area is 107 Å². The van der Waals surface area contributed by atoms with Crippen LogP contribution in [0.25, 0.3) is 0 Å². The SMILES string of the molecule is COc1ccc(C(=O)CC[C@@H](C)OC(C)=O)cc1. The Balaban J connectivity index is 2.47. The molecule has 1 aromatic carbocycles. The molecule has 0 fully saturated rings. The predicted molar refractivity (Wildman–Crippen MR) is 67.8 cm³/mol. The summed E-state index contributed by atoms with van der Waals surface area (Å²) in [6.45, 7) is 3.14. The summed E-state index contributed by atoms with van der Waals surface area (Å²) in [6.07, 6.45) is 0.662. The highest BCUT2D eigenvalue weighted by Crippen LogP contribution is 2.14. The second kappa shape index (κ2) is 6.79. The zero-order valence-electron chi connectivity index (χ0n) is 10.9. The highest BCUT2D eigenvalue weighted by atomic mass is 16.5. The number of methoxy groups -OCH3 is 1. The average Bonchev–Trinajstić information content (AvgIpc) is 2.35. The van der Waals surface area contributed by atoms with Crippen molar-refractivity contribution in [2.24, 2.45) is 0 Å². The molecule has 0 spiro atoms. The summed E-state index contributed by atoms with van der Waals surface area (Å²) in [5.74, 6) is 0.441. The molecule has 98 valence electrons. The number of carbonyl (C=O) groups is 2. The molecule has 4 nitrogen and oxygen atoms in total. The molecule has 0 aliphatic heterocycles. The molecule has 1 atom stereocenters. The van der Waals surface area contributed by atoms with Crippen molar-refractivity contribution in [2.75, 3.05) is 7.11 Å². The normalized spacial score (nSPS) is 11.7. The van der Waals surface area contributed by atoms with E-state index in [-0.39, 0.29) is 17.9 Å². The van der Waals surface area contributed by atoms with Gasteiger partial charge in [0.2, 0.25) is 0 Å². The lowest BCUT2D eigenvalue weighted by Crippen LogP contribution is -2.14. The first-order valence-corrected chi connectivity index (χ1v) is 5.87. The van der Waals surface area contributed by atoms with Gasteiger partial charge >= 0.3 is 5.97 Å². The number of Topliss-reactive ketones (excluding diaryl/α,β-unsaturated/α-hetero) is 1. The van der Waals surface area contributed by atoms with Crippen molar-refractivity contribution in [1.82, 2.24) is 0 Å². The minimum atomic E-state index is -0.320. The molecule has 0 aromatic heterocycles. The van der Waals surface area contributed by atoms with E-state index in [1.807, 2.05) is 0 Å². The number of rotatable bonds is 6. The first kappa shape index (κ1) is 14.2. The third-order valence-electron chi connectivity index (χ3n) is 2.56. The molecule has 1 aromatic rings. The van der Waals surface area contributed by atoms with Crippen molar-refractivity contribution in [3.05, 3.63) is 29.8 Å². The maximum Gasteiger partial charge on any atom is 0.302 e. The molecule has 0 saturated carbocycles. The van der Waals surface area contributed by atoms with E-state index in [0.717, 1.165) is 5.75 Å². The van der Waals surface area contributed by atoms with Gasteiger partial charge in [-0.15, -0.1) is 0 Å². The van der Waals surface area contributed by atoms with Crippen molar-refractivity contribution < 1.29 is 19.1 Å². The second-order valence-corrected chi connectivity index (χ2v) is 4.11. The molecule has 0 radical (unpaired) electrons. The van der Waals surface area contributed by atoms with E-state index in [2.05, 4.69) is 0 Å². The van der Waals surface area contributed by atoms with E-state index >= 15 is 0 Å². The highest BCUT2D eigenvalue weighted by molar-refractivity contribution is 5.96. The molecular formula is C14H18O4. The van der Waals surface area contributed by atoms with Gasteiger partial charge in [0, 0.05) is 18.9 Å². The Hall–Kier alpha value is -1.84. The molecule has 0 bridgehead atoms. The van der Waals surface area contributed by atoms with Crippen molar-refractivity contribution >= 4 is 11.8 Å². The van der Waals surface area contributed by atoms with Crippen molar-refractivity contribution in [3.63, 3.8) is 0 Å². The standard InChI is InChI=1S/C14H18O4/c1-10(18-11(2)15)4-9-14(16)12-5-7-13(17-3)8-6-12/h5-8,10H,4,9H2,1-3H3/t10-/m1/s1. The van der Waals surface area contributed by atoms with E-state index in [1.165, 1.54) is 6.92 Å². The third-order valence-corrected chi connectivity index (χ3v) is 2.56. The molecule has 0 unspecified atom stereocenters. The minimum Gasteiger partial charge on any atom is -0.497 e. The van der Waals surface area contributed by atoms with Gasteiger partial charge < -0.3 is 9.47 Å². The molecule has 4 heteroatoms. The monoisotopic (exact) mass is 250 g/mol. The van der Waals surface area contributed by atoms with Crippen LogP contribution in [0.4, 0.5) is 0 Å². The Morgan fingerprint density at radius 2 is 1.83 bits per heavy atom. The van der Waals surface area contributed by atoms with Crippen LogP contribution in [0.15, 0.2) is 24.3 Å². The van der Waals surface area contributed by atoms with E-state index in [0.29, 0.717) is 18.4 Å². The van der Waals surface area contributed by atoms with Crippen LogP contribution in [0.3, 0.4) is 0 Å². The van der Waals surface area contributed by atoms with Gasteiger partial charge in [-0.25, -0.2) is 0 Å². The third kappa shape index (κ3) is 4.57. The van der Waals surface area contributed by atoms with Gasteiger partial charge in [0.25, 0.3) is 0 Å². The maximum atomic E-state index is 11.9. The predicted octanol–water partition coefficient (Wildman–Crippen LogP) is 2.61. The van der Waals surface area contributed by atoms with E-state index < -0.39 is 0 Å². The van der Waals surface area contributed by atoms with Crippen LogP contribution in [-0.2, 0) is 9.53 Å². The van der Waals surface area contributed by atoms with Crippen LogP contribution in [-0.4, -0.2) is 25.0 Å². The van der Waals surface area contributed by atoms with E-state index in [1.54, 1.807) is 38.3 Å². The molecule has 0 amide bonds. The molecular weight excluding hydrogens is 232 g/mol. The Morgan fingerprint density at radius 3 is 2.33 bits per heavy atom. The number of benzene rings is 1. The summed E-state index contributed by atoms with van der Waals surface area (Å²) in [5, 5.41) is 0. The quantitative estimate of drug-likeness (QED) is 0.575. The van der Waals surface area contributed by atoms with Crippen LogP contribution in [0, 0.1) is 0 Å². The Bertz CT molecular complexity index is 408. The summed E-state index contributed by atoms with van der Waals surface area (Å²) in [5.41, 5.74) is 0.644. The van der Waals surface area contributed by atoms with E-state index in [9.17, 15) is 9.59 Å². The molecule has 0 saturated heterocycles. The molecule has 18 heavy (non-hydrogen) atoms. The second-order valence-electron chi connectivity index (χ2n) is 4.11. The molecule has 0 N–H and O–H groups in total. The van der Waals surface area contributed by atoms with Crippen LogP contribution < -0.4 is 4.74 Å². The van der Waals surface area contributed by atoms with Crippen LogP contribution in [0.1, 0.15) is 37.0 Å². The first-order chi connectivity index (χ1) is 8.52. The maximum absolute atomic E-state index is 11.9. The van der Waals surface area contributed by atoms with Crippen LogP contribution in [0.2, 0.25) is 0 Å². The van der Waals surface area contributed by atoms with Gasteiger partial charge in [-0.1, -0.05) is 0 Å².